The van der Waals surface area contributed by atoms with E-state index in [1.165, 1.54) is 0 Å². The number of ether oxygens (including phenoxy) is 2. The number of nitrogens with one attached hydrogen (secondary N) is 1. The van der Waals surface area contributed by atoms with E-state index >= 15 is 0 Å². The average molecular weight is 408 g/mol. The number of aromatic nitrogens is 5. The summed E-state index contributed by atoms with van der Waals surface area (Å²) in [5.41, 5.74) is 2.21. The molecular weight excluding hydrogens is 389 g/mol. The summed E-state index contributed by atoms with van der Waals surface area (Å²) in [6.45, 7) is 5.00. The summed E-state index contributed by atoms with van der Waals surface area (Å²) in [6, 6.07) is 3.58. The first-order valence-electron chi connectivity index (χ1n) is 9.06. The van der Waals surface area contributed by atoms with Crippen LogP contribution in [0.2, 0.25) is 0 Å². The number of nitrogens with zero attached hydrogens (tertiary/aromatic N) is 5. The molecule has 0 radical (unpaired) electrons. The van der Waals surface area contributed by atoms with Crippen molar-refractivity contribution >= 4 is 11.5 Å². The van der Waals surface area contributed by atoms with E-state index in [0.29, 0.717) is 42.6 Å². The van der Waals surface area contributed by atoms with Gasteiger partial charge in [-0.3, -0.25) is 0 Å². The molecule has 0 saturated carbocycles. The Morgan fingerprint density at radius 2 is 2.10 bits per heavy atom. The summed E-state index contributed by atoms with van der Waals surface area (Å²) in [6.07, 6.45) is -2.23. The number of alkyl halides is 3. The predicted octanol–water partition coefficient (Wildman–Crippen LogP) is 2.93. The van der Waals surface area contributed by atoms with E-state index in [9.17, 15) is 13.2 Å². The number of fused-ring (bicyclic) bond motifs is 1. The third kappa shape index (κ3) is 3.95. The zero-order valence-corrected chi connectivity index (χ0v) is 15.8. The van der Waals surface area contributed by atoms with Gasteiger partial charge < -0.3 is 14.8 Å². The molecule has 154 valence electrons. The highest BCUT2D eigenvalue weighted by atomic mass is 19.4. The van der Waals surface area contributed by atoms with Crippen LogP contribution >= 0.6 is 0 Å². The Bertz CT molecular complexity index is 1030. The van der Waals surface area contributed by atoms with Gasteiger partial charge in [-0.15, -0.1) is 15.3 Å². The van der Waals surface area contributed by atoms with Gasteiger partial charge in [0.05, 0.1) is 13.2 Å². The van der Waals surface area contributed by atoms with Crippen molar-refractivity contribution in [1.29, 1.82) is 0 Å². The summed E-state index contributed by atoms with van der Waals surface area (Å²) < 4.78 is 51.3. The first kappa shape index (κ1) is 19.4. The van der Waals surface area contributed by atoms with Crippen LogP contribution in [0.4, 0.5) is 19.0 Å². The highest BCUT2D eigenvalue weighted by Crippen LogP contribution is 2.29. The summed E-state index contributed by atoms with van der Waals surface area (Å²) in [4.78, 5) is 4.20. The van der Waals surface area contributed by atoms with Crippen LogP contribution < -0.4 is 10.1 Å². The second kappa shape index (κ2) is 7.47. The van der Waals surface area contributed by atoms with Gasteiger partial charge in [-0.2, -0.15) is 17.7 Å². The van der Waals surface area contributed by atoms with Crippen molar-refractivity contribution in [3.63, 3.8) is 0 Å². The smallest absolute Gasteiger partial charge is 0.453 e. The standard InChI is InChI=1S/C18H19F3N6O2/c1-10-11(2)16-24-25-17(18(19,20)21)27(16)26-15(10)23-8-12-3-5-22-14(7-12)29-13-4-6-28-9-13/h3,5,7,13H,4,6,8-9H2,1-2H3,(H,23,26). The van der Waals surface area contributed by atoms with Crippen LogP contribution in [0.5, 0.6) is 5.88 Å². The highest BCUT2D eigenvalue weighted by molar-refractivity contribution is 5.58. The molecular formula is C18H19F3N6O2. The second-order valence-electron chi connectivity index (χ2n) is 6.81. The van der Waals surface area contributed by atoms with E-state index in [-0.39, 0.29) is 11.8 Å². The van der Waals surface area contributed by atoms with Crippen molar-refractivity contribution in [1.82, 2.24) is 24.8 Å². The first-order chi connectivity index (χ1) is 13.8. The lowest BCUT2D eigenvalue weighted by Crippen LogP contribution is -2.17. The van der Waals surface area contributed by atoms with Crippen LogP contribution in [0.25, 0.3) is 5.65 Å². The fourth-order valence-electron chi connectivity index (χ4n) is 3.06. The Kier molecular flexibility index (Phi) is 4.99. The van der Waals surface area contributed by atoms with Gasteiger partial charge in [-0.1, -0.05) is 0 Å². The van der Waals surface area contributed by atoms with Crippen LogP contribution in [0, 0.1) is 13.8 Å². The molecule has 0 bridgehead atoms. The topological polar surface area (TPSA) is 86.5 Å². The number of anilines is 1. The first-order valence-corrected chi connectivity index (χ1v) is 9.06. The minimum Gasteiger partial charge on any atom is -0.472 e. The molecule has 8 nitrogen and oxygen atoms in total. The molecule has 0 aromatic carbocycles. The van der Waals surface area contributed by atoms with Crippen LogP contribution in [0.3, 0.4) is 0 Å². The summed E-state index contributed by atoms with van der Waals surface area (Å²) in [5, 5.41) is 14.1. The fraction of sp³-hybridized carbons (Fsp3) is 0.444. The van der Waals surface area contributed by atoms with Crippen molar-refractivity contribution in [2.75, 3.05) is 18.5 Å². The molecule has 0 spiro atoms. The Hall–Kier alpha value is -2.95. The van der Waals surface area contributed by atoms with Gasteiger partial charge in [0.15, 0.2) is 11.5 Å². The minimum absolute atomic E-state index is 0.0193. The zero-order chi connectivity index (χ0) is 20.6. The quantitative estimate of drug-likeness (QED) is 0.695. The van der Waals surface area contributed by atoms with Crippen molar-refractivity contribution in [3.05, 3.63) is 40.8 Å². The molecule has 0 aliphatic carbocycles. The number of pyridine rings is 1. The molecule has 1 aliphatic rings. The maximum absolute atomic E-state index is 13.2. The molecule has 3 aromatic rings. The maximum atomic E-state index is 13.2. The Morgan fingerprint density at radius 3 is 2.83 bits per heavy atom. The maximum Gasteiger partial charge on any atom is 0.453 e. The van der Waals surface area contributed by atoms with E-state index in [1.54, 1.807) is 32.2 Å². The van der Waals surface area contributed by atoms with Gasteiger partial charge in [-0.25, -0.2) is 4.98 Å². The van der Waals surface area contributed by atoms with Crippen molar-refractivity contribution in [2.45, 2.75) is 39.1 Å². The highest BCUT2D eigenvalue weighted by Gasteiger charge is 2.38. The SMILES string of the molecule is Cc1c(NCc2ccnc(OC3CCOC3)c2)nn2c(C(F)(F)F)nnc2c1C. The Morgan fingerprint density at radius 1 is 1.28 bits per heavy atom. The normalized spacial score (nSPS) is 17.1. The molecule has 1 N–H and O–H groups in total. The zero-order valence-electron chi connectivity index (χ0n) is 15.8. The Balaban J connectivity index is 1.56. The van der Waals surface area contributed by atoms with Crippen LogP contribution in [0.1, 0.15) is 28.9 Å². The summed E-state index contributed by atoms with van der Waals surface area (Å²) in [5.74, 6) is -0.352. The number of hydrogen-bond donors (Lipinski definition) is 1. The molecule has 1 atom stereocenters. The van der Waals surface area contributed by atoms with Gasteiger partial charge in [0, 0.05) is 30.8 Å². The van der Waals surface area contributed by atoms with E-state index in [0.717, 1.165) is 16.5 Å². The number of hydrogen-bond acceptors (Lipinski definition) is 7. The lowest BCUT2D eigenvalue weighted by molar-refractivity contribution is -0.146. The number of aryl methyl sites for hydroxylation is 1. The van der Waals surface area contributed by atoms with Gasteiger partial charge in [0.2, 0.25) is 5.88 Å². The van der Waals surface area contributed by atoms with Crippen molar-refractivity contribution in [2.24, 2.45) is 0 Å². The Labute approximate surface area is 164 Å². The van der Waals surface area contributed by atoms with Crippen LogP contribution in [-0.4, -0.2) is 44.1 Å². The molecule has 4 heterocycles. The largest absolute Gasteiger partial charge is 0.472 e. The molecule has 0 amide bonds. The molecule has 1 aliphatic heterocycles. The summed E-state index contributed by atoms with van der Waals surface area (Å²) in [7, 11) is 0. The molecule has 1 saturated heterocycles. The lowest BCUT2D eigenvalue weighted by atomic mass is 10.2. The molecule has 1 unspecified atom stereocenters. The van der Waals surface area contributed by atoms with Crippen LogP contribution in [-0.2, 0) is 17.5 Å². The van der Waals surface area contributed by atoms with Crippen molar-refractivity contribution in [3.8, 4) is 5.88 Å². The van der Waals surface area contributed by atoms with Gasteiger partial charge in [-0.05, 0) is 31.0 Å². The third-order valence-electron chi connectivity index (χ3n) is 4.78. The van der Waals surface area contributed by atoms with Crippen LogP contribution in [0.15, 0.2) is 18.3 Å². The van der Waals surface area contributed by atoms with E-state index < -0.39 is 12.0 Å². The predicted molar refractivity (Wildman–Crippen MR) is 96.7 cm³/mol. The van der Waals surface area contributed by atoms with Gasteiger partial charge in [0.25, 0.3) is 5.82 Å². The minimum atomic E-state index is -4.65. The lowest BCUT2D eigenvalue weighted by Gasteiger charge is -2.14. The molecule has 29 heavy (non-hydrogen) atoms. The monoisotopic (exact) mass is 408 g/mol. The van der Waals surface area contributed by atoms with E-state index in [4.69, 9.17) is 9.47 Å². The number of halogens is 3. The van der Waals surface area contributed by atoms with E-state index in [1.807, 2.05) is 0 Å². The van der Waals surface area contributed by atoms with Crippen molar-refractivity contribution < 1.29 is 22.6 Å². The summed E-state index contributed by atoms with van der Waals surface area (Å²) >= 11 is 0. The number of rotatable bonds is 5. The fourth-order valence-corrected chi connectivity index (χ4v) is 3.06. The second-order valence-corrected chi connectivity index (χ2v) is 6.81. The van der Waals surface area contributed by atoms with E-state index in [2.05, 4.69) is 25.6 Å². The average Bonchev–Trinajstić information content (AvgIpc) is 3.33. The molecule has 1 fully saturated rings. The van der Waals surface area contributed by atoms with Gasteiger partial charge in [0.1, 0.15) is 6.10 Å². The molecule has 11 heteroatoms. The van der Waals surface area contributed by atoms with Gasteiger partial charge >= 0.3 is 6.18 Å². The molecule has 3 aromatic heterocycles. The third-order valence-corrected chi connectivity index (χ3v) is 4.78. The molecule has 4 rings (SSSR count).